The number of nitrogens with zero attached hydrogens (tertiary/aromatic N) is 4. The molecule has 3 aliphatic heterocycles. The van der Waals surface area contributed by atoms with E-state index in [-0.39, 0.29) is 100 Å². The lowest BCUT2D eigenvalue weighted by Gasteiger charge is -2.38. The lowest BCUT2D eigenvalue weighted by molar-refractivity contribution is -0.145. The number of hydrogen-bond acceptors (Lipinski definition) is 14. The Labute approximate surface area is 481 Å². The van der Waals surface area contributed by atoms with E-state index in [2.05, 4.69) is 57.5 Å². The largest absolute Gasteiger partial charge is 0.508 e. The minimum atomic E-state index is -1.80. The van der Waals surface area contributed by atoms with Crippen molar-refractivity contribution in [3.63, 3.8) is 0 Å². The zero-order valence-electron chi connectivity index (χ0n) is 47.5. The van der Waals surface area contributed by atoms with Gasteiger partial charge in [0.15, 0.2) is 5.96 Å². The number of aromatic hydroxyl groups is 1. The van der Waals surface area contributed by atoms with E-state index in [4.69, 9.17) is 11.5 Å². The molecule has 27 nitrogen and oxygen atoms in total. The Morgan fingerprint density at radius 1 is 0.783 bits per heavy atom. The fourth-order valence-electron chi connectivity index (χ4n) is 10.2. The van der Waals surface area contributed by atoms with Crippen LogP contribution in [0.3, 0.4) is 0 Å². The van der Waals surface area contributed by atoms with Crippen molar-refractivity contribution in [1.82, 2.24) is 62.3 Å². The molecule has 6 rings (SSSR count). The van der Waals surface area contributed by atoms with E-state index in [1.165, 1.54) is 60.4 Å². The van der Waals surface area contributed by atoms with Gasteiger partial charge in [-0.15, -0.1) is 0 Å². The Balaban J connectivity index is 1.19. The summed E-state index contributed by atoms with van der Waals surface area (Å²) in [5.74, 6) is -7.11. The Morgan fingerprint density at radius 2 is 1.46 bits per heavy atom. The van der Waals surface area contributed by atoms with Crippen molar-refractivity contribution in [3.05, 3.63) is 83.4 Å². The number of fused-ring (bicyclic) bond motifs is 1. The number of aliphatic imine (C=N–C) groups is 1. The van der Waals surface area contributed by atoms with Gasteiger partial charge >= 0.3 is 0 Å². The van der Waals surface area contributed by atoms with Gasteiger partial charge in [0.05, 0.1) is 12.9 Å². The average molecular weight is 1150 g/mol. The van der Waals surface area contributed by atoms with Crippen LogP contribution in [0.1, 0.15) is 102 Å². The summed E-state index contributed by atoms with van der Waals surface area (Å²) >= 11 is 0. The van der Waals surface area contributed by atoms with Crippen LogP contribution in [0.4, 0.5) is 0 Å². The molecular formula is C56H79N15O12. The summed E-state index contributed by atoms with van der Waals surface area (Å²) in [6.07, 6.45) is 4.35. The number of aliphatic hydroxyl groups excluding tert-OH is 1. The number of aromatic amines is 1. The third-order valence-electron chi connectivity index (χ3n) is 14.6. The number of amides is 10. The van der Waals surface area contributed by atoms with Crippen LogP contribution in [0.5, 0.6) is 5.75 Å². The molecule has 0 spiro atoms. The molecule has 8 atom stereocenters. The fraction of sp³-hybridized carbons (Fsp3) is 0.536. The van der Waals surface area contributed by atoms with Crippen LogP contribution in [0, 0.1) is 5.92 Å². The molecule has 3 aromatic rings. The molecular weight excluding hydrogens is 1070 g/mol. The summed E-state index contributed by atoms with van der Waals surface area (Å²) in [7, 11) is 0. The number of aliphatic hydroxyl groups is 1. The predicted molar refractivity (Wildman–Crippen MR) is 301 cm³/mol. The van der Waals surface area contributed by atoms with Crippen LogP contribution in [-0.2, 0) is 73.8 Å². The number of nitrogens with two attached hydrogens (primary N) is 2. The Bertz CT molecular complexity index is 2840. The molecule has 0 unspecified atom stereocenters. The molecule has 2 aromatic carbocycles. The average Bonchev–Trinajstić information content (AvgIpc) is 4.16. The SMILES string of the molecule is CCNC(=O)[C@@H]1CCCN1C(=O)[C@H](CCCN=C(N)N)NC(=O)[C@H](CC(C)C)NC(=O)C(C)(C)NC(=O)[C@H](Cc1ccc(O)cc1)NC(=O)[C@H](CO)NC(=O)[C@@H]1Cc2ccccc2CN1C(=O)[C@H](Cc1cnc[nH]1)NC(=O)[C@@H]1CCC(=O)N1. The summed E-state index contributed by atoms with van der Waals surface area (Å²) in [6, 6.07) is 3.08. The highest BCUT2D eigenvalue weighted by Gasteiger charge is 2.43. The number of rotatable bonds is 27. The van der Waals surface area contributed by atoms with Crippen molar-refractivity contribution >= 4 is 65.0 Å². The maximum atomic E-state index is 14.7. The van der Waals surface area contributed by atoms with Crippen molar-refractivity contribution < 1.29 is 58.2 Å². The number of carbonyl (C=O) groups is 10. The lowest BCUT2D eigenvalue weighted by Crippen LogP contribution is -2.64. The number of aromatic nitrogens is 2. The second kappa shape index (κ2) is 29.4. The molecule has 1 aromatic heterocycles. The first-order chi connectivity index (χ1) is 39.5. The third-order valence-corrected chi connectivity index (χ3v) is 14.6. The van der Waals surface area contributed by atoms with Gasteiger partial charge in [0, 0.05) is 63.8 Å². The van der Waals surface area contributed by atoms with Crippen molar-refractivity contribution in [2.45, 2.75) is 159 Å². The maximum Gasteiger partial charge on any atom is 0.246 e. The van der Waals surface area contributed by atoms with Gasteiger partial charge in [-0.2, -0.15) is 0 Å². The van der Waals surface area contributed by atoms with E-state index >= 15 is 0 Å². The minimum Gasteiger partial charge on any atom is -0.508 e. The molecule has 2 saturated heterocycles. The first kappa shape index (κ1) is 63.6. The summed E-state index contributed by atoms with van der Waals surface area (Å²) in [4.78, 5) is 153. The van der Waals surface area contributed by atoms with E-state index in [1.807, 2.05) is 13.8 Å². The number of imidazole rings is 1. The smallest absolute Gasteiger partial charge is 0.246 e. The van der Waals surface area contributed by atoms with Crippen LogP contribution in [0.15, 0.2) is 66.0 Å². The molecule has 3 aliphatic rings. The van der Waals surface area contributed by atoms with Crippen LogP contribution in [-0.4, -0.2) is 175 Å². The molecule has 83 heavy (non-hydrogen) atoms. The number of hydrogen-bond donors (Lipinski definition) is 13. The summed E-state index contributed by atoms with van der Waals surface area (Å²) < 4.78 is 0. The van der Waals surface area contributed by atoms with Crippen LogP contribution < -0.4 is 54.0 Å². The van der Waals surface area contributed by atoms with Crippen molar-refractivity contribution in [3.8, 4) is 5.75 Å². The number of likely N-dealkylation sites (N-methyl/N-ethyl adjacent to an activating group) is 1. The number of nitrogens with one attached hydrogen (secondary N) is 9. The van der Waals surface area contributed by atoms with Crippen molar-refractivity contribution in [2.24, 2.45) is 22.4 Å². The minimum absolute atomic E-state index is 0.0305. The molecule has 2 fully saturated rings. The van der Waals surface area contributed by atoms with E-state index in [9.17, 15) is 58.2 Å². The second-order valence-corrected chi connectivity index (χ2v) is 22.0. The van der Waals surface area contributed by atoms with Crippen LogP contribution >= 0.6 is 0 Å². The summed E-state index contributed by atoms with van der Waals surface area (Å²) in [6.45, 7) is 7.88. The van der Waals surface area contributed by atoms with Crippen molar-refractivity contribution in [1.29, 1.82) is 0 Å². The molecule has 0 saturated carbocycles. The second-order valence-electron chi connectivity index (χ2n) is 22.0. The molecule has 4 heterocycles. The monoisotopic (exact) mass is 1150 g/mol. The maximum absolute atomic E-state index is 14.7. The Hall–Kier alpha value is -8.62. The molecule has 0 radical (unpaired) electrons. The van der Waals surface area contributed by atoms with Gasteiger partial charge in [-0.25, -0.2) is 4.98 Å². The number of benzene rings is 2. The highest BCUT2D eigenvalue weighted by molar-refractivity contribution is 6.00. The van der Waals surface area contributed by atoms with Gasteiger partial charge in [0.2, 0.25) is 59.1 Å². The molecule has 0 bridgehead atoms. The Morgan fingerprint density at radius 3 is 2.10 bits per heavy atom. The number of phenolic OH excluding ortho intramolecular Hbond substituents is 1. The zero-order valence-corrected chi connectivity index (χ0v) is 47.5. The van der Waals surface area contributed by atoms with E-state index in [0.717, 1.165) is 5.56 Å². The van der Waals surface area contributed by atoms with Gasteiger partial charge < -0.3 is 79.0 Å². The number of carbonyl (C=O) groups excluding carboxylic acids is 10. The summed E-state index contributed by atoms with van der Waals surface area (Å²) in [5.41, 5.74) is 11.6. The fourth-order valence-corrected chi connectivity index (χ4v) is 10.2. The highest BCUT2D eigenvalue weighted by atomic mass is 16.3. The number of H-pyrrole nitrogens is 1. The van der Waals surface area contributed by atoms with Crippen LogP contribution in [0.25, 0.3) is 0 Å². The van der Waals surface area contributed by atoms with Crippen LogP contribution in [0.2, 0.25) is 0 Å². The van der Waals surface area contributed by atoms with E-state index in [0.29, 0.717) is 36.2 Å². The van der Waals surface area contributed by atoms with Gasteiger partial charge in [-0.3, -0.25) is 52.9 Å². The Kier molecular flexibility index (Phi) is 22.5. The van der Waals surface area contributed by atoms with Gasteiger partial charge in [-0.1, -0.05) is 50.2 Å². The van der Waals surface area contributed by atoms with Crippen molar-refractivity contribution in [2.75, 3.05) is 26.2 Å². The molecule has 10 amide bonds. The number of phenols is 1. The standard InChI is InChI=1S/C56H79N15O12/c1-6-60-50(79)43-14-10-22-70(43)52(81)38(13-9-21-61-55(57)58)64-47(76)39(23-31(2)3)68-54(83)56(4,5)69-49(78)40(24-32-15-17-36(73)18-16-32)65-48(77)42(29-72)67-51(80)44-25-33-11-7-8-12-34(33)28-71(44)53(82)41(26-35-27-59-30-62-35)66-46(75)37-19-20-45(74)63-37/h7-8,11-12,15-18,27,30-31,37-44,72-73H,6,9-10,13-14,19-26,28-29H2,1-5H3,(H,59,62)(H,60,79)(H,63,74)(H,64,76)(H,65,77)(H,66,75)(H,67,80)(H,68,83)(H,69,78)(H4,57,58,61)/t37-,38-,39-,40-,41-,42-,43-,44-/m0/s1. The third kappa shape index (κ3) is 17.7. The topological polar surface area (TPSA) is 407 Å². The zero-order chi connectivity index (χ0) is 60.5. The van der Waals surface area contributed by atoms with Gasteiger partial charge in [-0.05, 0) is 94.0 Å². The highest BCUT2D eigenvalue weighted by Crippen LogP contribution is 2.26. The van der Waals surface area contributed by atoms with E-state index < -0.39 is 108 Å². The predicted octanol–water partition coefficient (Wildman–Crippen LogP) is -2.33. The normalized spacial score (nSPS) is 18.4. The van der Waals surface area contributed by atoms with Gasteiger partial charge in [0.1, 0.15) is 59.6 Å². The quantitative estimate of drug-likeness (QED) is 0.0216. The number of guanidine groups is 1. The molecule has 0 aliphatic carbocycles. The first-order valence-electron chi connectivity index (χ1n) is 28.0. The molecule has 27 heteroatoms. The molecule has 450 valence electrons. The van der Waals surface area contributed by atoms with E-state index in [1.54, 1.807) is 31.2 Å². The number of likely N-dealkylation sites (tertiary alicyclic amines) is 1. The lowest BCUT2D eigenvalue weighted by atomic mass is 9.92. The van der Waals surface area contributed by atoms with Gasteiger partial charge in [0.25, 0.3) is 0 Å². The summed E-state index contributed by atoms with van der Waals surface area (Å²) in [5, 5.41) is 42.2. The molecule has 15 N–H and O–H groups in total. The first-order valence-corrected chi connectivity index (χ1v) is 28.0.